The third kappa shape index (κ3) is 4.15. The summed E-state index contributed by atoms with van der Waals surface area (Å²) in [7, 11) is 3.22. The Bertz CT molecular complexity index is 918. The van der Waals surface area contributed by atoms with Crippen LogP contribution in [0.4, 0.5) is 23.1 Å². The van der Waals surface area contributed by atoms with Gasteiger partial charge in [-0.25, -0.2) is 4.98 Å². The van der Waals surface area contributed by atoms with Crippen molar-refractivity contribution in [1.82, 2.24) is 9.97 Å². The van der Waals surface area contributed by atoms with Crippen LogP contribution in [0.25, 0.3) is 0 Å². The predicted molar refractivity (Wildman–Crippen MR) is 104 cm³/mol. The van der Waals surface area contributed by atoms with Crippen molar-refractivity contribution in [2.75, 3.05) is 24.9 Å². The molecule has 0 aliphatic rings. The van der Waals surface area contributed by atoms with Crippen molar-refractivity contribution < 1.29 is 9.47 Å². The number of nitrogens with zero attached hydrogens (tertiary/aromatic N) is 2. The molecule has 0 spiro atoms. The number of nitrogens with one attached hydrogen (secondary N) is 2. The van der Waals surface area contributed by atoms with Gasteiger partial charge in [0.25, 0.3) is 0 Å². The Morgan fingerprint density at radius 3 is 2.42 bits per heavy atom. The van der Waals surface area contributed by atoms with E-state index in [1.807, 2.05) is 43.3 Å². The molecule has 6 nitrogen and oxygen atoms in total. The van der Waals surface area contributed by atoms with Crippen LogP contribution < -0.4 is 20.1 Å². The molecular formula is C19H19ClN4O2. The lowest BCUT2D eigenvalue weighted by atomic mass is 10.2. The van der Waals surface area contributed by atoms with Gasteiger partial charge in [-0.2, -0.15) is 4.98 Å². The number of aromatic nitrogens is 2. The summed E-state index contributed by atoms with van der Waals surface area (Å²) < 4.78 is 10.6. The number of ether oxygens (including phenoxy) is 2. The predicted octanol–water partition coefficient (Wildman–Crippen LogP) is 4.94. The summed E-state index contributed by atoms with van der Waals surface area (Å²) in [6, 6.07) is 14.8. The van der Waals surface area contributed by atoms with Crippen LogP contribution in [0.15, 0.2) is 48.5 Å². The number of anilines is 4. The van der Waals surface area contributed by atoms with Gasteiger partial charge in [-0.05, 0) is 31.2 Å². The molecule has 7 heteroatoms. The van der Waals surface area contributed by atoms with Gasteiger partial charge in [0, 0.05) is 17.8 Å². The van der Waals surface area contributed by atoms with Crippen molar-refractivity contribution in [2.45, 2.75) is 6.92 Å². The quantitative estimate of drug-likeness (QED) is 0.640. The van der Waals surface area contributed by atoms with Crippen molar-refractivity contribution >= 4 is 34.7 Å². The lowest BCUT2D eigenvalue weighted by Crippen LogP contribution is -2.03. The Balaban J connectivity index is 1.87. The molecule has 0 saturated heterocycles. The Morgan fingerprint density at radius 2 is 1.69 bits per heavy atom. The monoisotopic (exact) mass is 370 g/mol. The highest BCUT2D eigenvalue weighted by Crippen LogP contribution is 2.31. The molecule has 0 amide bonds. The summed E-state index contributed by atoms with van der Waals surface area (Å²) in [6.07, 6.45) is 0. The van der Waals surface area contributed by atoms with Gasteiger partial charge in [0.05, 0.1) is 30.6 Å². The van der Waals surface area contributed by atoms with E-state index >= 15 is 0 Å². The van der Waals surface area contributed by atoms with Crippen molar-refractivity contribution in [3.63, 3.8) is 0 Å². The van der Waals surface area contributed by atoms with Gasteiger partial charge in [0.1, 0.15) is 17.3 Å². The van der Waals surface area contributed by atoms with Crippen LogP contribution >= 0.6 is 11.6 Å². The Labute approximate surface area is 157 Å². The van der Waals surface area contributed by atoms with Crippen LogP contribution in [0.1, 0.15) is 5.69 Å². The van der Waals surface area contributed by atoms with E-state index in [1.54, 1.807) is 26.4 Å². The van der Waals surface area contributed by atoms with Gasteiger partial charge in [-0.1, -0.05) is 23.7 Å². The smallest absolute Gasteiger partial charge is 0.229 e. The topological polar surface area (TPSA) is 68.3 Å². The molecule has 0 aliphatic heterocycles. The summed E-state index contributed by atoms with van der Waals surface area (Å²) in [5.41, 5.74) is 2.33. The first-order valence-electron chi connectivity index (χ1n) is 7.95. The highest BCUT2D eigenvalue weighted by atomic mass is 35.5. The number of rotatable bonds is 6. The molecule has 134 valence electrons. The first kappa shape index (κ1) is 17.8. The van der Waals surface area contributed by atoms with E-state index in [4.69, 9.17) is 21.1 Å². The fourth-order valence-corrected chi connectivity index (χ4v) is 2.59. The van der Waals surface area contributed by atoms with E-state index in [0.29, 0.717) is 28.3 Å². The minimum Gasteiger partial charge on any atom is -0.497 e. The Morgan fingerprint density at radius 1 is 0.885 bits per heavy atom. The van der Waals surface area contributed by atoms with E-state index in [2.05, 4.69) is 20.6 Å². The van der Waals surface area contributed by atoms with E-state index in [1.165, 1.54) is 0 Å². The maximum Gasteiger partial charge on any atom is 0.229 e. The van der Waals surface area contributed by atoms with E-state index in [0.717, 1.165) is 17.1 Å². The van der Waals surface area contributed by atoms with E-state index < -0.39 is 0 Å². The van der Waals surface area contributed by atoms with Crippen LogP contribution in [0.2, 0.25) is 5.02 Å². The maximum atomic E-state index is 6.19. The molecule has 0 atom stereocenters. The second-order valence-electron chi connectivity index (χ2n) is 5.51. The lowest BCUT2D eigenvalue weighted by molar-refractivity contribution is 0.395. The SMILES string of the molecule is COc1ccc(Nc2cc(C)nc(Nc3ccccc3Cl)n2)c(OC)c1. The zero-order valence-electron chi connectivity index (χ0n) is 14.7. The summed E-state index contributed by atoms with van der Waals surface area (Å²) in [5.74, 6) is 2.46. The highest BCUT2D eigenvalue weighted by molar-refractivity contribution is 6.33. The number of aryl methyl sites for hydroxylation is 1. The third-order valence-corrected chi connectivity index (χ3v) is 3.98. The normalized spacial score (nSPS) is 10.3. The number of hydrogen-bond acceptors (Lipinski definition) is 6. The number of benzene rings is 2. The first-order valence-corrected chi connectivity index (χ1v) is 8.33. The highest BCUT2D eigenvalue weighted by Gasteiger charge is 2.09. The molecule has 0 saturated carbocycles. The minimum atomic E-state index is 0.452. The molecular weight excluding hydrogens is 352 g/mol. The average Bonchev–Trinajstić information content (AvgIpc) is 2.63. The van der Waals surface area contributed by atoms with Crippen molar-refractivity contribution in [2.24, 2.45) is 0 Å². The van der Waals surface area contributed by atoms with Crippen LogP contribution in [-0.2, 0) is 0 Å². The molecule has 2 aromatic carbocycles. The van der Waals surface area contributed by atoms with Crippen LogP contribution in [0, 0.1) is 6.92 Å². The Hall–Kier alpha value is -2.99. The number of methoxy groups -OCH3 is 2. The summed E-state index contributed by atoms with van der Waals surface area (Å²) in [5, 5.41) is 6.99. The first-order chi connectivity index (χ1) is 12.6. The molecule has 0 fully saturated rings. The van der Waals surface area contributed by atoms with Gasteiger partial charge < -0.3 is 20.1 Å². The molecule has 0 bridgehead atoms. The molecule has 3 rings (SSSR count). The second-order valence-corrected chi connectivity index (χ2v) is 5.92. The zero-order valence-corrected chi connectivity index (χ0v) is 15.5. The molecule has 1 aromatic heterocycles. The maximum absolute atomic E-state index is 6.19. The molecule has 26 heavy (non-hydrogen) atoms. The largest absolute Gasteiger partial charge is 0.497 e. The fraction of sp³-hybridized carbons (Fsp3) is 0.158. The van der Waals surface area contributed by atoms with Crippen LogP contribution in [0.3, 0.4) is 0 Å². The molecule has 3 aromatic rings. The van der Waals surface area contributed by atoms with Gasteiger partial charge in [-0.3, -0.25) is 0 Å². The zero-order chi connectivity index (χ0) is 18.5. The van der Waals surface area contributed by atoms with Crippen molar-refractivity contribution in [3.05, 3.63) is 59.2 Å². The molecule has 0 unspecified atom stereocenters. The summed E-state index contributed by atoms with van der Waals surface area (Å²) >= 11 is 6.19. The number of para-hydroxylation sites is 1. The standard InChI is InChI=1S/C19H19ClN4O2/c1-12-10-18(22-16-9-8-13(25-2)11-17(16)26-3)24-19(21-12)23-15-7-5-4-6-14(15)20/h4-11H,1-3H3,(H2,21,22,23,24). The van der Waals surface area contributed by atoms with Crippen molar-refractivity contribution in [1.29, 1.82) is 0 Å². The molecule has 0 radical (unpaired) electrons. The fourth-order valence-electron chi connectivity index (χ4n) is 2.41. The van der Waals surface area contributed by atoms with Crippen LogP contribution in [-0.4, -0.2) is 24.2 Å². The van der Waals surface area contributed by atoms with Gasteiger partial charge in [-0.15, -0.1) is 0 Å². The summed E-state index contributed by atoms with van der Waals surface area (Å²) in [4.78, 5) is 8.91. The Kier molecular flexibility index (Phi) is 5.43. The second kappa shape index (κ2) is 7.93. The molecule has 0 aliphatic carbocycles. The molecule has 1 heterocycles. The number of halogens is 1. The van der Waals surface area contributed by atoms with Crippen molar-refractivity contribution in [3.8, 4) is 11.5 Å². The van der Waals surface area contributed by atoms with Gasteiger partial charge in [0.2, 0.25) is 5.95 Å². The van der Waals surface area contributed by atoms with E-state index in [-0.39, 0.29) is 0 Å². The van der Waals surface area contributed by atoms with E-state index in [9.17, 15) is 0 Å². The summed E-state index contributed by atoms with van der Waals surface area (Å²) in [6.45, 7) is 1.90. The van der Waals surface area contributed by atoms with Gasteiger partial charge >= 0.3 is 0 Å². The third-order valence-electron chi connectivity index (χ3n) is 3.65. The average molecular weight is 371 g/mol. The number of hydrogen-bond donors (Lipinski definition) is 2. The van der Waals surface area contributed by atoms with Crippen LogP contribution in [0.5, 0.6) is 11.5 Å². The molecule has 2 N–H and O–H groups in total. The van der Waals surface area contributed by atoms with Gasteiger partial charge in [0.15, 0.2) is 0 Å². The minimum absolute atomic E-state index is 0.452. The lowest BCUT2D eigenvalue weighted by Gasteiger charge is -2.13.